The minimum atomic E-state index is -3.55. The number of hydrogen-bond donors (Lipinski definition) is 0. The summed E-state index contributed by atoms with van der Waals surface area (Å²) in [7, 11) is -2.22. The Labute approximate surface area is 164 Å². The van der Waals surface area contributed by atoms with Crippen molar-refractivity contribution in [1.29, 1.82) is 0 Å². The van der Waals surface area contributed by atoms with E-state index in [0.717, 1.165) is 5.69 Å². The Morgan fingerprint density at radius 1 is 1.18 bits per heavy atom. The Morgan fingerprint density at radius 3 is 2.50 bits per heavy atom. The number of methoxy groups -OCH3 is 1. The number of carbonyl (C=O) groups excluding carboxylic acids is 1. The van der Waals surface area contributed by atoms with Crippen molar-refractivity contribution in [2.75, 3.05) is 31.6 Å². The Kier molecular flexibility index (Phi) is 6.00. The maximum Gasteiger partial charge on any atom is 0.337 e. The predicted octanol–water partition coefficient (Wildman–Crippen LogP) is 2.65. The van der Waals surface area contributed by atoms with Gasteiger partial charge in [-0.15, -0.1) is 0 Å². The lowest BCUT2D eigenvalue weighted by Crippen LogP contribution is -2.54. The lowest BCUT2D eigenvalue weighted by molar-refractivity contribution is 0.0600. The van der Waals surface area contributed by atoms with E-state index >= 15 is 0 Å². The molecule has 1 unspecified atom stereocenters. The number of nitrogens with zero attached hydrogens (tertiary/aromatic N) is 2. The Hall–Kier alpha value is -2.45. The average Bonchev–Trinajstić information content (AvgIpc) is 2.67. The molecule has 0 bridgehead atoms. The van der Waals surface area contributed by atoms with Gasteiger partial charge in [0.15, 0.2) is 0 Å². The number of carbonyl (C=O) groups is 1. The first kappa shape index (κ1) is 20.3. The summed E-state index contributed by atoms with van der Waals surface area (Å²) in [5, 5.41) is 0. The summed E-state index contributed by atoms with van der Waals surface area (Å²) in [6, 6.07) is 12.5. The number of esters is 1. The molecule has 0 saturated carbocycles. The van der Waals surface area contributed by atoms with Crippen molar-refractivity contribution < 1.29 is 22.3 Å². The number of piperazine rings is 1. The van der Waals surface area contributed by atoms with Crippen molar-refractivity contribution in [2.45, 2.75) is 18.7 Å². The molecule has 1 aliphatic rings. The predicted molar refractivity (Wildman–Crippen MR) is 105 cm³/mol. The van der Waals surface area contributed by atoms with Gasteiger partial charge >= 0.3 is 5.97 Å². The minimum absolute atomic E-state index is 0.219. The zero-order chi connectivity index (χ0) is 20.3. The van der Waals surface area contributed by atoms with Crippen LogP contribution in [-0.4, -0.2) is 51.5 Å². The van der Waals surface area contributed by atoms with Gasteiger partial charge in [-0.1, -0.05) is 12.1 Å². The van der Waals surface area contributed by atoms with E-state index in [2.05, 4.69) is 4.90 Å². The smallest absolute Gasteiger partial charge is 0.337 e. The lowest BCUT2D eigenvalue weighted by Gasteiger charge is -2.40. The van der Waals surface area contributed by atoms with E-state index in [4.69, 9.17) is 4.74 Å². The van der Waals surface area contributed by atoms with Gasteiger partial charge in [-0.05, 0) is 48.9 Å². The van der Waals surface area contributed by atoms with Crippen molar-refractivity contribution in [1.82, 2.24) is 4.31 Å². The molecule has 2 aromatic rings. The molecule has 150 valence electrons. The van der Waals surface area contributed by atoms with E-state index in [1.165, 1.54) is 29.6 Å². The molecule has 6 nitrogen and oxygen atoms in total. The summed E-state index contributed by atoms with van der Waals surface area (Å²) >= 11 is 0. The third-order valence-corrected chi connectivity index (χ3v) is 6.77. The fourth-order valence-electron chi connectivity index (χ4n) is 3.44. The molecule has 0 aromatic heterocycles. The topological polar surface area (TPSA) is 66.9 Å². The first-order valence-electron chi connectivity index (χ1n) is 8.97. The van der Waals surface area contributed by atoms with Crippen LogP contribution in [0.1, 0.15) is 22.8 Å². The number of ether oxygens (including phenoxy) is 1. The van der Waals surface area contributed by atoms with Crippen LogP contribution in [0.3, 0.4) is 0 Å². The van der Waals surface area contributed by atoms with E-state index in [9.17, 15) is 17.6 Å². The van der Waals surface area contributed by atoms with Gasteiger partial charge in [0, 0.05) is 31.4 Å². The van der Waals surface area contributed by atoms with E-state index in [-0.39, 0.29) is 11.8 Å². The van der Waals surface area contributed by atoms with Gasteiger partial charge in [0.1, 0.15) is 5.82 Å². The first-order valence-corrected chi connectivity index (χ1v) is 10.6. The van der Waals surface area contributed by atoms with Crippen LogP contribution >= 0.6 is 0 Å². The van der Waals surface area contributed by atoms with Crippen molar-refractivity contribution in [3.63, 3.8) is 0 Å². The number of hydrogen-bond acceptors (Lipinski definition) is 5. The van der Waals surface area contributed by atoms with Gasteiger partial charge in [-0.2, -0.15) is 4.31 Å². The van der Waals surface area contributed by atoms with Gasteiger partial charge in [0.05, 0.1) is 18.4 Å². The van der Waals surface area contributed by atoms with E-state index < -0.39 is 21.8 Å². The fourth-order valence-corrected chi connectivity index (χ4v) is 5.18. The summed E-state index contributed by atoms with van der Waals surface area (Å²) in [4.78, 5) is 13.6. The minimum Gasteiger partial charge on any atom is -0.465 e. The summed E-state index contributed by atoms with van der Waals surface area (Å²) in [5.74, 6) is -1.06. The number of halogens is 1. The lowest BCUT2D eigenvalue weighted by atomic mass is 10.1. The van der Waals surface area contributed by atoms with Gasteiger partial charge in [0.25, 0.3) is 0 Å². The van der Waals surface area contributed by atoms with Crippen molar-refractivity contribution in [3.8, 4) is 0 Å². The molecule has 0 aliphatic carbocycles. The molecule has 1 heterocycles. The van der Waals surface area contributed by atoms with E-state index in [1.54, 1.807) is 18.2 Å². The molecule has 0 amide bonds. The van der Waals surface area contributed by atoms with Crippen LogP contribution in [0.15, 0.2) is 48.5 Å². The summed E-state index contributed by atoms with van der Waals surface area (Å²) < 4.78 is 45.1. The Morgan fingerprint density at radius 2 is 1.89 bits per heavy atom. The molecule has 1 saturated heterocycles. The molecule has 3 rings (SSSR count). The van der Waals surface area contributed by atoms with Crippen LogP contribution < -0.4 is 4.90 Å². The summed E-state index contributed by atoms with van der Waals surface area (Å²) in [6.07, 6.45) is 0. The standard InChI is InChI=1S/C20H23FN2O4S/c1-15-13-22(19-8-6-17(7-9-19)20(24)27-2)10-11-23(15)28(25,26)14-16-4-3-5-18(21)12-16/h3-9,12,15H,10-11,13-14H2,1-2H3. The molecule has 1 fully saturated rings. The average molecular weight is 406 g/mol. The Balaban J connectivity index is 1.68. The third kappa shape index (κ3) is 4.51. The van der Waals surface area contributed by atoms with Crippen molar-refractivity contribution >= 4 is 21.7 Å². The molecule has 0 spiro atoms. The molecule has 8 heteroatoms. The molecule has 2 aromatic carbocycles. The highest BCUT2D eigenvalue weighted by Crippen LogP contribution is 2.23. The summed E-state index contributed by atoms with van der Waals surface area (Å²) in [6.45, 7) is 3.26. The zero-order valence-electron chi connectivity index (χ0n) is 15.8. The van der Waals surface area contributed by atoms with Gasteiger partial charge < -0.3 is 9.64 Å². The maximum absolute atomic E-state index is 13.4. The molecule has 0 N–H and O–H groups in total. The van der Waals surface area contributed by atoms with Gasteiger partial charge in [0.2, 0.25) is 10.0 Å². The SMILES string of the molecule is COC(=O)c1ccc(N2CCN(S(=O)(=O)Cc3cccc(F)c3)C(C)C2)cc1. The van der Waals surface area contributed by atoms with Gasteiger partial charge in [-0.3, -0.25) is 0 Å². The number of benzene rings is 2. The van der Waals surface area contributed by atoms with E-state index in [1.807, 2.05) is 19.1 Å². The van der Waals surface area contributed by atoms with Crippen LogP contribution in [-0.2, 0) is 20.5 Å². The molecule has 0 radical (unpaired) electrons. The highest BCUT2D eigenvalue weighted by Gasteiger charge is 2.32. The van der Waals surface area contributed by atoms with Crippen molar-refractivity contribution in [3.05, 3.63) is 65.5 Å². The molecule has 28 heavy (non-hydrogen) atoms. The number of sulfonamides is 1. The molecule has 1 aliphatic heterocycles. The number of rotatable bonds is 5. The van der Waals surface area contributed by atoms with Crippen LogP contribution in [0.4, 0.5) is 10.1 Å². The second-order valence-corrected chi connectivity index (χ2v) is 8.75. The molecule has 1 atom stereocenters. The van der Waals surface area contributed by atoms with Crippen molar-refractivity contribution in [2.24, 2.45) is 0 Å². The summed E-state index contributed by atoms with van der Waals surface area (Å²) in [5.41, 5.74) is 1.82. The monoisotopic (exact) mass is 406 g/mol. The highest BCUT2D eigenvalue weighted by molar-refractivity contribution is 7.88. The zero-order valence-corrected chi connectivity index (χ0v) is 16.7. The largest absolute Gasteiger partial charge is 0.465 e. The second kappa shape index (κ2) is 8.28. The maximum atomic E-state index is 13.4. The Bertz CT molecular complexity index is 947. The quantitative estimate of drug-likeness (QED) is 0.715. The first-order chi connectivity index (χ1) is 13.3. The molecular formula is C20H23FN2O4S. The fraction of sp³-hybridized carbons (Fsp3) is 0.350. The van der Waals surface area contributed by atoms with Gasteiger partial charge in [-0.25, -0.2) is 17.6 Å². The molecular weight excluding hydrogens is 383 g/mol. The van der Waals surface area contributed by atoms with Crippen LogP contribution in [0.2, 0.25) is 0 Å². The normalized spacial score (nSPS) is 18.1. The highest BCUT2D eigenvalue weighted by atomic mass is 32.2. The van der Waals surface area contributed by atoms with E-state index in [0.29, 0.717) is 30.8 Å². The second-order valence-electron chi connectivity index (χ2n) is 6.83. The van der Waals surface area contributed by atoms with Crippen LogP contribution in [0.25, 0.3) is 0 Å². The number of anilines is 1. The van der Waals surface area contributed by atoms with Crippen LogP contribution in [0.5, 0.6) is 0 Å². The van der Waals surface area contributed by atoms with Crippen LogP contribution in [0, 0.1) is 5.82 Å². The third-order valence-electron chi connectivity index (χ3n) is 4.82.